The number of sulfone groups is 1. The van der Waals surface area contributed by atoms with E-state index in [0.29, 0.717) is 30.1 Å². The second-order valence-electron chi connectivity index (χ2n) is 11.8. The molecule has 2 aromatic carbocycles. The summed E-state index contributed by atoms with van der Waals surface area (Å²) in [5.41, 5.74) is -4.93. The van der Waals surface area contributed by atoms with Crippen LogP contribution in [0.1, 0.15) is 50.8 Å². The number of aromatic nitrogens is 2. The van der Waals surface area contributed by atoms with Crippen LogP contribution in [0.15, 0.2) is 38.8 Å². The number of H-pyrrole nitrogens is 1. The molecule has 1 saturated heterocycles. The number of fused-ring (bicyclic) bond motifs is 1. The zero-order chi connectivity index (χ0) is 33.5. The summed E-state index contributed by atoms with van der Waals surface area (Å²) in [5.74, 6) is -0.540. The Morgan fingerprint density at radius 1 is 1.18 bits per heavy atom. The molecule has 1 unspecified atom stereocenters. The van der Waals surface area contributed by atoms with Crippen LogP contribution in [-0.2, 0) is 33.7 Å². The van der Waals surface area contributed by atoms with Crippen molar-refractivity contribution in [1.82, 2.24) is 20.2 Å². The van der Waals surface area contributed by atoms with Gasteiger partial charge in [-0.05, 0) is 88.0 Å². The van der Waals surface area contributed by atoms with Crippen LogP contribution in [-0.4, -0.2) is 54.5 Å². The number of hydrogen-bond donors (Lipinski definition) is 3. The van der Waals surface area contributed by atoms with Crippen molar-refractivity contribution in [2.75, 3.05) is 18.8 Å². The molecular weight excluding hydrogens is 660 g/mol. The Morgan fingerprint density at radius 2 is 1.87 bits per heavy atom. The number of nitrogens with one attached hydrogen (secondary N) is 3. The largest absolute Gasteiger partial charge is 0.444 e. The van der Waals surface area contributed by atoms with E-state index in [1.165, 1.54) is 25.1 Å². The van der Waals surface area contributed by atoms with E-state index in [-0.39, 0.29) is 39.1 Å². The third-order valence-electron chi connectivity index (χ3n) is 7.49. The standard InChI is InChI=1S/C29H33Cl2F3N4O6S/c1-5-45(42,43)22-7-6-17(30)10-16(22)14-38-25(39)19-11-20(29(32,33)34)18(23(31)24(19)37-26(38)40)12-21(15-8-9-35-13-15)36-27(41)44-28(2,3)4/h6-7,10-11,15,21,35H,5,8-9,12-14H2,1-4H3,(H,36,41)(H,37,40)/t15?,21-/m0/s1. The van der Waals surface area contributed by atoms with Crippen LogP contribution in [0, 0.1) is 5.92 Å². The van der Waals surface area contributed by atoms with E-state index in [2.05, 4.69) is 15.6 Å². The number of aromatic amines is 1. The molecule has 1 aromatic heterocycles. The van der Waals surface area contributed by atoms with Crippen molar-refractivity contribution in [3.05, 3.63) is 71.8 Å². The first-order valence-electron chi connectivity index (χ1n) is 14.1. The molecule has 1 fully saturated rings. The molecule has 3 N–H and O–H groups in total. The lowest BCUT2D eigenvalue weighted by molar-refractivity contribution is -0.138. The smallest absolute Gasteiger partial charge is 0.416 e. The predicted octanol–water partition coefficient (Wildman–Crippen LogP) is 4.90. The highest BCUT2D eigenvalue weighted by Gasteiger charge is 2.38. The summed E-state index contributed by atoms with van der Waals surface area (Å²) in [6, 6.07) is 3.63. The van der Waals surface area contributed by atoms with Gasteiger partial charge in [0.05, 0.1) is 38.7 Å². The molecule has 2 heterocycles. The van der Waals surface area contributed by atoms with E-state index < -0.39 is 73.1 Å². The number of rotatable bonds is 8. The maximum Gasteiger partial charge on any atom is 0.416 e. The quantitative estimate of drug-likeness (QED) is 0.305. The van der Waals surface area contributed by atoms with Crippen LogP contribution in [0.3, 0.4) is 0 Å². The van der Waals surface area contributed by atoms with Crippen molar-refractivity contribution in [2.45, 2.75) is 69.8 Å². The van der Waals surface area contributed by atoms with Crippen LogP contribution < -0.4 is 21.9 Å². The summed E-state index contributed by atoms with van der Waals surface area (Å²) in [7, 11) is -3.81. The number of nitrogens with zero attached hydrogens (tertiary/aromatic N) is 1. The van der Waals surface area contributed by atoms with Gasteiger partial charge in [-0.3, -0.25) is 9.36 Å². The molecule has 246 valence electrons. The molecule has 16 heteroatoms. The van der Waals surface area contributed by atoms with Gasteiger partial charge in [-0.2, -0.15) is 13.2 Å². The number of amides is 1. The fourth-order valence-electron chi connectivity index (χ4n) is 5.33. The summed E-state index contributed by atoms with van der Waals surface area (Å²) < 4.78 is 74.9. The fraction of sp³-hybridized carbons (Fsp3) is 0.483. The molecule has 0 radical (unpaired) electrons. The SMILES string of the molecule is CCS(=O)(=O)c1ccc(Cl)cc1Cn1c(=O)[nH]c2c(Cl)c(C[C@H](NC(=O)OC(C)(C)C)C3CCNC3)c(C(F)(F)F)cc2c1=O. The van der Waals surface area contributed by atoms with Crippen LogP contribution in [0.25, 0.3) is 10.9 Å². The van der Waals surface area contributed by atoms with Gasteiger partial charge in [0, 0.05) is 11.1 Å². The second kappa shape index (κ2) is 13.0. The first kappa shape index (κ1) is 34.8. The number of ether oxygens (including phenoxy) is 1. The van der Waals surface area contributed by atoms with Crippen LogP contribution in [0.4, 0.5) is 18.0 Å². The Morgan fingerprint density at radius 3 is 2.44 bits per heavy atom. The number of halogens is 5. The Bertz CT molecular complexity index is 1850. The minimum absolute atomic E-state index is 0.0105. The highest BCUT2D eigenvalue weighted by molar-refractivity contribution is 7.91. The number of carbonyl (C=O) groups excluding carboxylic acids is 1. The molecule has 0 aliphatic carbocycles. The predicted molar refractivity (Wildman–Crippen MR) is 165 cm³/mol. The summed E-state index contributed by atoms with van der Waals surface area (Å²) in [6.07, 6.45) is -5.60. The van der Waals surface area contributed by atoms with Crippen LogP contribution >= 0.6 is 23.2 Å². The number of hydrogen-bond acceptors (Lipinski definition) is 7. The number of benzene rings is 2. The van der Waals surface area contributed by atoms with Crippen molar-refractivity contribution in [2.24, 2.45) is 5.92 Å². The first-order valence-corrected chi connectivity index (χ1v) is 16.5. The molecular formula is C29H33Cl2F3N4O6S. The van der Waals surface area contributed by atoms with E-state index in [9.17, 15) is 36.0 Å². The minimum atomic E-state index is -4.97. The normalized spacial score (nSPS) is 16.6. The lowest BCUT2D eigenvalue weighted by Crippen LogP contribution is -2.45. The monoisotopic (exact) mass is 692 g/mol. The molecule has 1 aliphatic rings. The van der Waals surface area contributed by atoms with Gasteiger partial charge in [0.1, 0.15) is 5.60 Å². The van der Waals surface area contributed by atoms with Crippen LogP contribution in [0.5, 0.6) is 0 Å². The van der Waals surface area contributed by atoms with Crippen molar-refractivity contribution in [3.63, 3.8) is 0 Å². The third-order valence-corrected chi connectivity index (χ3v) is 9.97. The van der Waals surface area contributed by atoms with Gasteiger partial charge in [0.25, 0.3) is 5.56 Å². The second-order valence-corrected chi connectivity index (χ2v) is 14.9. The average molecular weight is 694 g/mol. The third kappa shape index (κ3) is 7.84. The maximum absolute atomic E-state index is 14.5. The van der Waals surface area contributed by atoms with Gasteiger partial charge in [-0.15, -0.1) is 0 Å². The molecule has 45 heavy (non-hydrogen) atoms. The summed E-state index contributed by atoms with van der Waals surface area (Å²) >= 11 is 12.6. The Kier molecular flexibility index (Phi) is 10.0. The Balaban J connectivity index is 1.86. The highest BCUT2D eigenvalue weighted by atomic mass is 35.5. The van der Waals surface area contributed by atoms with E-state index in [1.54, 1.807) is 20.8 Å². The molecule has 0 spiro atoms. The lowest BCUT2D eigenvalue weighted by Gasteiger charge is -2.28. The summed E-state index contributed by atoms with van der Waals surface area (Å²) in [5, 5.41) is 4.90. The maximum atomic E-state index is 14.5. The van der Waals surface area contributed by atoms with Crippen molar-refractivity contribution < 1.29 is 31.1 Å². The zero-order valence-corrected chi connectivity index (χ0v) is 27.2. The van der Waals surface area contributed by atoms with E-state index in [0.717, 1.165) is 0 Å². The summed E-state index contributed by atoms with van der Waals surface area (Å²) in [4.78, 5) is 41.7. The Hall–Kier alpha value is -3.07. The number of carbonyl (C=O) groups is 1. The highest BCUT2D eigenvalue weighted by Crippen LogP contribution is 2.39. The van der Waals surface area contributed by atoms with Gasteiger partial charge in [0.15, 0.2) is 9.84 Å². The fourth-order valence-corrected chi connectivity index (χ4v) is 6.96. The van der Waals surface area contributed by atoms with Crippen molar-refractivity contribution in [1.29, 1.82) is 0 Å². The molecule has 0 bridgehead atoms. The summed E-state index contributed by atoms with van der Waals surface area (Å²) in [6.45, 7) is 6.80. The number of alkyl carbamates (subject to hydrolysis) is 1. The topological polar surface area (TPSA) is 139 Å². The first-order chi connectivity index (χ1) is 20.8. The van der Waals surface area contributed by atoms with Gasteiger partial charge in [0.2, 0.25) is 0 Å². The Labute approximate surface area is 267 Å². The molecule has 1 amide bonds. The van der Waals surface area contributed by atoms with Gasteiger partial charge >= 0.3 is 18.0 Å². The average Bonchev–Trinajstić information content (AvgIpc) is 3.45. The minimum Gasteiger partial charge on any atom is -0.444 e. The molecule has 10 nitrogen and oxygen atoms in total. The van der Waals surface area contributed by atoms with E-state index >= 15 is 0 Å². The van der Waals surface area contributed by atoms with E-state index in [1.807, 2.05) is 0 Å². The molecule has 3 aromatic rings. The van der Waals surface area contributed by atoms with Gasteiger partial charge in [-0.1, -0.05) is 30.1 Å². The number of alkyl halides is 3. The van der Waals surface area contributed by atoms with Crippen molar-refractivity contribution >= 4 is 50.0 Å². The molecule has 4 rings (SSSR count). The van der Waals surface area contributed by atoms with Gasteiger partial charge in [-0.25, -0.2) is 18.0 Å². The van der Waals surface area contributed by atoms with Gasteiger partial charge < -0.3 is 20.4 Å². The van der Waals surface area contributed by atoms with E-state index in [4.69, 9.17) is 27.9 Å². The zero-order valence-electron chi connectivity index (χ0n) is 24.9. The van der Waals surface area contributed by atoms with Crippen LogP contribution in [0.2, 0.25) is 10.0 Å². The molecule has 0 saturated carbocycles. The molecule has 1 aliphatic heterocycles. The molecule has 2 atom stereocenters. The van der Waals surface area contributed by atoms with Crippen molar-refractivity contribution in [3.8, 4) is 0 Å². The lowest BCUT2D eigenvalue weighted by atomic mass is 9.90.